The van der Waals surface area contributed by atoms with E-state index in [9.17, 15) is 4.79 Å². The predicted octanol–water partition coefficient (Wildman–Crippen LogP) is 3.03. The summed E-state index contributed by atoms with van der Waals surface area (Å²) in [6.07, 6.45) is 4.15. The molecule has 5 heteroatoms. The molecule has 1 amide bonds. The van der Waals surface area contributed by atoms with Crippen LogP contribution in [-0.2, 0) is 17.9 Å². The Morgan fingerprint density at radius 1 is 1.29 bits per heavy atom. The van der Waals surface area contributed by atoms with E-state index in [2.05, 4.69) is 9.55 Å². The molecule has 1 aromatic heterocycles. The van der Waals surface area contributed by atoms with Gasteiger partial charge >= 0.3 is 0 Å². The topological polar surface area (TPSA) is 47.4 Å². The SMILES string of the molecule is Cc1cccc(O[C@@H](C(=O)N2CCCn3cncc3C2)C(C)C)c1. The van der Waals surface area contributed by atoms with Crippen LogP contribution < -0.4 is 4.74 Å². The summed E-state index contributed by atoms with van der Waals surface area (Å²) in [7, 11) is 0. The first-order chi connectivity index (χ1) is 11.5. The van der Waals surface area contributed by atoms with E-state index in [0.717, 1.165) is 36.5 Å². The van der Waals surface area contributed by atoms with Gasteiger partial charge in [0.2, 0.25) is 0 Å². The van der Waals surface area contributed by atoms with Crippen LogP contribution in [0, 0.1) is 12.8 Å². The first-order valence-corrected chi connectivity index (χ1v) is 8.55. The van der Waals surface area contributed by atoms with E-state index in [1.165, 1.54) is 0 Å². The summed E-state index contributed by atoms with van der Waals surface area (Å²) < 4.78 is 8.19. The number of fused-ring (bicyclic) bond motifs is 1. The molecule has 0 saturated heterocycles. The molecule has 1 aliphatic rings. The molecule has 2 aromatic rings. The van der Waals surface area contributed by atoms with E-state index < -0.39 is 6.10 Å². The van der Waals surface area contributed by atoms with Crippen LogP contribution in [0.4, 0.5) is 0 Å². The van der Waals surface area contributed by atoms with Crippen molar-refractivity contribution < 1.29 is 9.53 Å². The van der Waals surface area contributed by atoms with Gasteiger partial charge in [0.25, 0.3) is 5.91 Å². The Balaban J connectivity index is 1.77. The van der Waals surface area contributed by atoms with E-state index >= 15 is 0 Å². The summed E-state index contributed by atoms with van der Waals surface area (Å²) in [4.78, 5) is 19.2. The summed E-state index contributed by atoms with van der Waals surface area (Å²) >= 11 is 0. The molecular weight excluding hydrogens is 302 g/mol. The van der Waals surface area contributed by atoms with Crippen LogP contribution in [0.1, 0.15) is 31.5 Å². The van der Waals surface area contributed by atoms with Crippen LogP contribution in [0.5, 0.6) is 5.75 Å². The number of amides is 1. The van der Waals surface area contributed by atoms with Crippen molar-refractivity contribution in [1.29, 1.82) is 0 Å². The average molecular weight is 327 g/mol. The third-order valence-electron chi connectivity index (χ3n) is 4.39. The van der Waals surface area contributed by atoms with Gasteiger partial charge in [-0.25, -0.2) is 4.98 Å². The van der Waals surface area contributed by atoms with E-state index in [4.69, 9.17) is 4.74 Å². The number of nitrogens with zero attached hydrogens (tertiary/aromatic N) is 3. The largest absolute Gasteiger partial charge is 0.480 e. The predicted molar refractivity (Wildman–Crippen MR) is 92.7 cm³/mol. The average Bonchev–Trinajstić information content (AvgIpc) is 2.88. The zero-order valence-corrected chi connectivity index (χ0v) is 14.6. The molecule has 0 spiro atoms. The van der Waals surface area contributed by atoms with Gasteiger partial charge in [-0.1, -0.05) is 26.0 Å². The highest BCUT2D eigenvalue weighted by molar-refractivity contribution is 5.81. The Kier molecular flexibility index (Phi) is 4.88. The summed E-state index contributed by atoms with van der Waals surface area (Å²) in [5.41, 5.74) is 2.21. The normalized spacial score (nSPS) is 15.8. The van der Waals surface area contributed by atoms with Gasteiger partial charge in [-0.3, -0.25) is 4.79 Å². The maximum atomic E-state index is 13.1. The van der Waals surface area contributed by atoms with E-state index in [0.29, 0.717) is 6.54 Å². The van der Waals surface area contributed by atoms with Gasteiger partial charge in [-0.2, -0.15) is 0 Å². The molecule has 128 valence electrons. The second kappa shape index (κ2) is 7.07. The first-order valence-electron chi connectivity index (χ1n) is 8.55. The molecule has 0 unspecified atom stereocenters. The maximum Gasteiger partial charge on any atom is 0.264 e. The lowest BCUT2D eigenvalue weighted by atomic mass is 10.1. The van der Waals surface area contributed by atoms with Crippen molar-refractivity contribution >= 4 is 5.91 Å². The number of carbonyl (C=O) groups excluding carboxylic acids is 1. The molecule has 1 aliphatic heterocycles. The monoisotopic (exact) mass is 327 g/mol. The molecule has 1 atom stereocenters. The summed E-state index contributed by atoms with van der Waals surface area (Å²) in [6.45, 7) is 8.33. The Labute approximate surface area is 143 Å². The van der Waals surface area contributed by atoms with Crippen molar-refractivity contribution in [3.05, 3.63) is 48.0 Å². The molecule has 2 heterocycles. The van der Waals surface area contributed by atoms with Gasteiger partial charge in [0.05, 0.1) is 18.6 Å². The van der Waals surface area contributed by atoms with E-state index in [-0.39, 0.29) is 11.8 Å². The minimum atomic E-state index is -0.471. The van der Waals surface area contributed by atoms with Gasteiger partial charge in [0.1, 0.15) is 5.75 Å². The molecule has 0 aliphatic carbocycles. The van der Waals surface area contributed by atoms with Crippen molar-refractivity contribution in [2.24, 2.45) is 5.92 Å². The quantitative estimate of drug-likeness (QED) is 0.867. The number of aromatic nitrogens is 2. The summed E-state index contributed by atoms with van der Waals surface area (Å²) in [6, 6.07) is 7.86. The third-order valence-corrected chi connectivity index (χ3v) is 4.39. The second-order valence-corrected chi connectivity index (χ2v) is 6.79. The van der Waals surface area contributed by atoms with Crippen LogP contribution in [0.2, 0.25) is 0 Å². The molecule has 5 nitrogen and oxygen atoms in total. The third kappa shape index (κ3) is 3.61. The highest BCUT2D eigenvalue weighted by atomic mass is 16.5. The number of carbonyl (C=O) groups is 1. The summed E-state index contributed by atoms with van der Waals surface area (Å²) in [5, 5.41) is 0. The minimum absolute atomic E-state index is 0.0566. The molecule has 0 bridgehead atoms. The van der Waals surface area contributed by atoms with Crippen LogP contribution >= 0.6 is 0 Å². The number of imidazole rings is 1. The Morgan fingerprint density at radius 2 is 2.12 bits per heavy atom. The minimum Gasteiger partial charge on any atom is -0.480 e. The molecule has 0 N–H and O–H groups in total. The van der Waals surface area contributed by atoms with E-state index in [1.807, 2.05) is 62.5 Å². The lowest BCUT2D eigenvalue weighted by Gasteiger charge is -2.28. The van der Waals surface area contributed by atoms with Crippen LogP contribution in [0.15, 0.2) is 36.8 Å². The highest BCUT2D eigenvalue weighted by Gasteiger charge is 2.30. The van der Waals surface area contributed by atoms with Gasteiger partial charge in [-0.15, -0.1) is 0 Å². The van der Waals surface area contributed by atoms with Gasteiger partial charge in [0, 0.05) is 19.3 Å². The van der Waals surface area contributed by atoms with Gasteiger partial charge in [-0.05, 0) is 37.0 Å². The fourth-order valence-corrected chi connectivity index (χ4v) is 3.06. The molecule has 0 radical (unpaired) electrons. The smallest absolute Gasteiger partial charge is 0.264 e. The number of ether oxygens (including phenoxy) is 1. The molecule has 1 aromatic carbocycles. The Hall–Kier alpha value is -2.30. The molecular formula is C19H25N3O2. The zero-order valence-electron chi connectivity index (χ0n) is 14.6. The number of hydrogen-bond donors (Lipinski definition) is 0. The Morgan fingerprint density at radius 3 is 2.88 bits per heavy atom. The number of rotatable bonds is 4. The zero-order chi connectivity index (χ0) is 17.1. The van der Waals surface area contributed by atoms with Crippen molar-refractivity contribution in [2.45, 2.75) is 46.4 Å². The first kappa shape index (κ1) is 16.6. The molecule has 0 saturated carbocycles. The van der Waals surface area contributed by atoms with Crippen LogP contribution in [0.3, 0.4) is 0 Å². The maximum absolute atomic E-state index is 13.1. The fraction of sp³-hybridized carbons (Fsp3) is 0.474. The standard InChI is InChI=1S/C19H25N3O2/c1-14(2)18(24-17-7-4-6-15(3)10-17)19(23)21-8-5-9-22-13-20-11-16(22)12-21/h4,6-7,10-11,13-14,18H,5,8-9,12H2,1-3H3/t18-/m1/s1. The van der Waals surface area contributed by atoms with Crippen molar-refractivity contribution in [3.8, 4) is 5.75 Å². The summed E-state index contributed by atoms with van der Waals surface area (Å²) in [5.74, 6) is 0.911. The van der Waals surface area contributed by atoms with E-state index in [1.54, 1.807) is 0 Å². The van der Waals surface area contributed by atoms with Crippen molar-refractivity contribution in [2.75, 3.05) is 6.54 Å². The lowest BCUT2D eigenvalue weighted by Crippen LogP contribution is -2.44. The lowest BCUT2D eigenvalue weighted by molar-refractivity contribution is -0.141. The van der Waals surface area contributed by atoms with Crippen LogP contribution in [0.25, 0.3) is 0 Å². The van der Waals surface area contributed by atoms with Gasteiger partial charge in [0.15, 0.2) is 6.10 Å². The number of aryl methyl sites for hydroxylation is 2. The highest BCUT2D eigenvalue weighted by Crippen LogP contribution is 2.21. The van der Waals surface area contributed by atoms with Crippen molar-refractivity contribution in [3.63, 3.8) is 0 Å². The van der Waals surface area contributed by atoms with Crippen LogP contribution in [-0.4, -0.2) is 33.0 Å². The van der Waals surface area contributed by atoms with Gasteiger partial charge < -0.3 is 14.2 Å². The number of hydrogen-bond acceptors (Lipinski definition) is 3. The molecule has 24 heavy (non-hydrogen) atoms. The molecule has 0 fully saturated rings. The Bertz CT molecular complexity index is 708. The number of benzene rings is 1. The van der Waals surface area contributed by atoms with Crippen molar-refractivity contribution in [1.82, 2.24) is 14.5 Å². The molecule has 3 rings (SSSR count). The second-order valence-electron chi connectivity index (χ2n) is 6.79. The fourth-order valence-electron chi connectivity index (χ4n) is 3.06.